The van der Waals surface area contributed by atoms with Crippen LogP contribution in [0.2, 0.25) is 0 Å². The van der Waals surface area contributed by atoms with Crippen LogP contribution < -0.4 is 5.32 Å². The summed E-state index contributed by atoms with van der Waals surface area (Å²) >= 11 is 0. The molecule has 0 amide bonds. The topological polar surface area (TPSA) is 12.0 Å². The second-order valence-corrected chi connectivity index (χ2v) is 4.41. The Morgan fingerprint density at radius 2 is 1.69 bits per heavy atom. The first-order chi connectivity index (χ1) is 6.33. The van der Waals surface area contributed by atoms with Crippen LogP contribution in [0.3, 0.4) is 0 Å². The lowest BCUT2D eigenvalue weighted by Crippen LogP contribution is -2.38. The van der Waals surface area contributed by atoms with Crippen LogP contribution in [0.5, 0.6) is 0 Å². The van der Waals surface area contributed by atoms with Crippen molar-refractivity contribution in [3.8, 4) is 0 Å². The van der Waals surface area contributed by atoms with E-state index in [-0.39, 0.29) is 0 Å². The van der Waals surface area contributed by atoms with E-state index >= 15 is 0 Å². The molecule has 1 saturated heterocycles. The molecule has 1 atom stereocenters. The monoisotopic (exact) mass is 183 g/mol. The quantitative estimate of drug-likeness (QED) is 0.608. The van der Waals surface area contributed by atoms with E-state index in [0.29, 0.717) is 0 Å². The molecule has 0 aromatic rings. The molecule has 1 heterocycles. The molecule has 0 radical (unpaired) electrons. The van der Waals surface area contributed by atoms with E-state index in [2.05, 4.69) is 12.2 Å². The molecule has 2 fully saturated rings. The van der Waals surface area contributed by atoms with Gasteiger partial charge in [-0.15, -0.1) is 0 Å². The summed E-state index contributed by atoms with van der Waals surface area (Å²) in [6.07, 6.45) is 7.36. The SMILES string of the molecule is CC.CC1CCCC12CCNCC2. The zero-order valence-corrected chi connectivity index (χ0v) is 9.53. The first-order valence-electron chi connectivity index (χ1n) is 6.04. The summed E-state index contributed by atoms with van der Waals surface area (Å²) in [4.78, 5) is 0. The van der Waals surface area contributed by atoms with Crippen molar-refractivity contribution in [2.24, 2.45) is 11.3 Å². The molecule has 0 aromatic heterocycles. The van der Waals surface area contributed by atoms with E-state index < -0.39 is 0 Å². The zero-order valence-electron chi connectivity index (χ0n) is 9.53. The molecule has 1 aliphatic heterocycles. The number of hydrogen-bond acceptors (Lipinski definition) is 1. The number of rotatable bonds is 0. The van der Waals surface area contributed by atoms with Gasteiger partial charge in [-0.05, 0) is 43.7 Å². The molecule has 1 heteroatoms. The summed E-state index contributed by atoms with van der Waals surface area (Å²) in [5.41, 5.74) is 0.769. The van der Waals surface area contributed by atoms with Crippen molar-refractivity contribution in [3.05, 3.63) is 0 Å². The Kier molecular flexibility index (Phi) is 4.24. The molecule has 1 aliphatic carbocycles. The molecular formula is C12H25N. The van der Waals surface area contributed by atoms with Gasteiger partial charge in [0.15, 0.2) is 0 Å². The van der Waals surface area contributed by atoms with Crippen molar-refractivity contribution in [2.75, 3.05) is 13.1 Å². The molecule has 0 aromatic carbocycles. The summed E-state index contributed by atoms with van der Waals surface area (Å²) in [6.45, 7) is 8.99. The normalized spacial score (nSPS) is 31.2. The standard InChI is InChI=1S/C10H19N.C2H6/c1-9-3-2-4-10(9)5-7-11-8-6-10;1-2/h9,11H,2-8H2,1H3;1-2H3. The Morgan fingerprint density at radius 1 is 1.08 bits per heavy atom. The van der Waals surface area contributed by atoms with E-state index in [0.717, 1.165) is 11.3 Å². The third-order valence-corrected chi connectivity index (χ3v) is 3.96. The van der Waals surface area contributed by atoms with Gasteiger partial charge in [0.1, 0.15) is 0 Å². The van der Waals surface area contributed by atoms with Crippen LogP contribution in [0.4, 0.5) is 0 Å². The summed E-state index contributed by atoms with van der Waals surface area (Å²) in [5, 5.41) is 3.46. The van der Waals surface area contributed by atoms with Gasteiger partial charge in [-0.25, -0.2) is 0 Å². The van der Waals surface area contributed by atoms with Crippen molar-refractivity contribution in [1.82, 2.24) is 5.32 Å². The number of nitrogens with one attached hydrogen (secondary N) is 1. The maximum absolute atomic E-state index is 3.46. The average molecular weight is 183 g/mol. The third kappa shape index (κ3) is 2.25. The molecule has 1 spiro atoms. The molecule has 1 saturated carbocycles. The zero-order chi connectivity index (χ0) is 9.73. The highest BCUT2D eigenvalue weighted by Gasteiger charge is 2.40. The molecule has 1 nitrogen and oxygen atoms in total. The van der Waals surface area contributed by atoms with Crippen molar-refractivity contribution < 1.29 is 0 Å². The predicted octanol–water partition coefficient (Wildman–Crippen LogP) is 3.20. The lowest BCUT2D eigenvalue weighted by atomic mass is 9.72. The van der Waals surface area contributed by atoms with Crippen LogP contribution in [-0.4, -0.2) is 13.1 Å². The molecule has 1 unspecified atom stereocenters. The lowest BCUT2D eigenvalue weighted by Gasteiger charge is -2.37. The van der Waals surface area contributed by atoms with Crippen LogP contribution in [0.15, 0.2) is 0 Å². The van der Waals surface area contributed by atoms with E-state index in [1.54, 1.807) is 0 Å². The van der Waals surface area contributed by atoms with Gasteiger partial charge >= 0.3 is 0 Å². The minimum absolute atomic E-state index is 0.769. The van der Waals surface area contributed by atoms with E-state index in [1.165, 1.54) is 45.2 Å². The third-order valence-electron chi connectivity index (χ3n) is 3.96. The van der Waals surface area contributed by atoms with Crippen molar-refractivity contribution in [1.29, 1.82) is 0 Å². The number of piperidine rings is 1. The van der Waals surface area contributed by atoms with Crippen LogP contribution in [-0.2, 0) is 0 Å². The fourth-order valence-electron chi connectivity index (χ4n) is 2.98. The predicted molar refractivity (Wildman–Crippen MR) is 58.9 cm³/mol. The fraction of sp³-hybridized carbons (Fsp3) is 1.00. The summed E-state index contributed by atoms with van der Waals surface area (Å²) in [7, 11) is 0. The van der Waals surface area contributed by atoms with Crippen LogP contribution >= 0.6 is 0 Å². The highest BCUT2D eigenvalue weighted by atomic mass is 14.9. The fourth-order valence-corrected chi connectivity index (χ4v) is 2.98. The Labute approximate surface area is 83.3 Å². The van der Waals surface area contributed by atoms with Crippen LogP contribution in [0.1, 0.15) is 52.9 Å². The minimum atomic E-state index is 0.769. The van der Waals surface area contributed by atoms with Gasteiger partial charge in [-0.1, -0.05) is 33.6 Å². The molecule has 13 heavy (non-hydrogen) atoms. The van der Waals surface area contributed by atoms with Crippen LogP contribution in [0, 0.1) is 11.3 Å². The molecule has 78 valence electrons. The van der Waals surface area contributed by atoms with Gasteiger partial charge in [0.2, 0.25) is 0 Å². The van der Waals surface area contributed by atoms with E-state index in [9.17, 15) is 0 Å². The first kappa shape index (κ1) is 11.0. The summed E-state index contributed by atoms with van der Waals surface area (Å²) < 4.78 is 0. The van der Waals surface area contributed by atoms with Gasteiger partial charge in [0.25, 0.3) is 0 Å². The second kappa shape index (κ2) is 4.99. The van der Waals surface area contributed by atoms with Crippen molar-refractivity contribution >= 4 is 0 Å². The Hall–Kier alpha value is -0.0400. The van der Waals surface area contributed by atoms with Crippen LogP contribution in [0.25, 0.3) is 0 Å². The first-order valence-corrected chi connectivity index (χ1v) is 6.04. The Balaban J connectivity index is 0.000000396. The highest BCUT2D eigenvalue weighted by molar-refractivity contribution is 4.92. The van der Waals surface area contributed by atoms with E-state index in [1.807, 2.05) is 13.8 Å². The maximum atomic E-state index is 3.46. The molecule has 2 aliphatic rings. The minimum Gasteiger partial charge on any atom is -0.317 e. The molecule has 0 bridgehead atoms. The summed E-state index contributed by atoms with van der Waals surface area (Å²) in [6, 6.07) is 0. The Morgan fingerprint density at radius 3 is 2.15 bits per heavy atom. The van der Waals surface area contributed by atoms with Gasteiger partial charge in [0, 0.05) is 0 Å². The molecule has 1 N–H and O–H groups in total. The largest absolute Gasteiger partial charge is 0.317 e. The molecular weight excluding hydrogens is 158 g/mol. The second-order valence-electron chi connectivity index (χ2n) is 4.41. The smallest absolute Gasteiger partial charge is 0.00435 e. The lowest BCUT2D eigenvalue weighted by molar-refractivity contribution is 0.149. The summed E-state index contributed by atoms with van der Waals surface area (Å²) in [5.74, 6) is 1.00. The van der Waals surface area contributed by atoms with Gasteiger partial charge in [-0.3, -0.25) is 0 Å². The maximum Gasteiger partial charge on any atom is -0.00435 e. The van der Waals surface area contributed by atoms with E-state index in [4.69, 9.17) is 0 Å². The van der Waals surface area contributed by atoms with Crippen molar-refractivity contribution in [2.45, 2.75) is 52.9 Å². The highest BCUT2D eigenvalue weighted by Crippen LogP contribution is 2.48. The average Bonchev–Trinajstić information content (AvgIpc) is 2.53. The molecule has 2 rings (SSSR count). The van der Waals surface area contributed by atoms with Gasteiger partial charge in [-0.2, -0.15) is 0 Å². The number of hydrogen-bond donors (Lipinski definition) is 1. The van der Waals surface area contributed by atoms with Gasteiger partial charge < -0.3 is 5.32 Å². The van der Waals surface area contributed by atoms with Gasteiger partial charge in [0.05, 0.1) is 0 Å². The van der Waals surface area contributed by atoms with Crippen molar-refractivity contribution in [3.63, 3.8) is 0 Å². The Bertz CT molecular complexity index is 136.